The summed E-state index contributed by atoms with van der Waals surface area (Å²) >= 11 is 0. The van der Waals surface area contributed by atoms with Gasteiger partial charge in [-0.3, -0.25) is 9.59 Å². The van der Waals surface area contributed by atoms with Crippen LogP contribution in [-0.2, 0) is 20.7 Å². The quantitative estimate of drug-likeness (QED) is 0.668. The summed E-state index contributed by atoms with van der Waals surface area (Å²) in [5, 5.41) is 13.5. The van der Waals surface area contributed by atoms with E-state index >= 15 is 0 Å². The van der Waals surface area contributed by atoms with Crippen LogP contribution in [0, 0.1) is 5.41 Å². The first kappa shape index (κ1) is 14.8. The van der Waals surface area contributed by atoms with Crippen LogP contribution in [0.15, 0.2) is 42.7 Å². The number of aliphatic carboxylic acids is 1. The molecule has 0 fully saturated rings. The van der Waals surface area contributed by atoms with Gasteiger partial charge in [0.25, 0.3) is 0 Å². The molecule has 0 aliphatic carbocycles. The molecule has 21 heavy (non-hydrogen) atoms. The number of rotatable bonds is 5. The Bertz CT molecular complexity index is 651. The fourth-order valence-corrected chi connectivity index (χ4v) is 2.04. The topological polar surface area (TPSA) is 81.4 Å². The SMILES string of the molecule is COC(=O)C(C)(Cc1cnn(-c2ccccc2)c1)C(=O)O. The van der Waals surface area contributed by atoms with Crippen molar-refractivity contribution in [2.24, 2.45) is 5.41 Å². The van der Waals surface area contributed by atoms with Crippen molar-refractivity contribution in [1.82, 2.24) is 9.78 Å². The summed E-state index contributed by atoms with van der Waals surface area (Å²) in [4.78, 5) is 23.1. The highest BCUT2D eigenvalue weighted by Crippen LogP contribution is 2.25. The number of carboxylic acids is 1. The fourth-order valence-electron chi connectivity index (χ4n) is 2.04. The van der Waals surface area contributed by atoms with Crippen molar-refractivity contribution in [3.8, 4) is 5.69 Å². The number of para-hydroxylation sites is 1. The number of aromatic nitrogens is 2. The average molecular weight is 288 g/mol. The second kappa shape index (κ2) is 5.78. The maximum Gasteiger partial charge on any atom is 0.323 e. The van der Waals surface area contributed by atoms with E-state index in [9.17, 15) is 14.7 Å². The molecule has 1 aromatic heterocycles. The van der Waals surface area contributed by atoms with Crippen molar-refractivity contribution in [3.05, 3.63) is 48.3 Å². The van der Waals surface area contributed by atoms with Crippen LogP contribution in [0.5, 0.6) is 0 Å². The van der Waals surface area contributed by atoms with E-state index in [1.807, 2.05) is 30.3 Å². The summed E-state index contributed by atoms with van der Waals surface area (Å²) in [6.07, 6.45) is 3.28. The normalized spacial score (nSPS) is 13.4. The van der Waals surface area contributed by atoms with Gasteiger partial charge in [-0.25, -0.2) is 4.68 Å². The molecular formula is C15H16N2O4. The van der Waals surface area contributed by atoms with Gasteiger partial charge in [0, 0.05) is 12.6 Å². The van der Waals surface area contributed by atoms with E-state index in [1.54, 1.807) is 17.1 Å². The van der Waals surface area contributed by atoms with Gasteiger partial charge >= 0.3 is 11.9 Å². The van der Waals surface area contributed by atoms with Gasteiger partial charge in [0.15, 0.2) is 5.41 Å². The molecule has 0 saturated heterocycles. The average Bonchev–Trinajstić information content (AvgIpc) is 2.95. The number of carbonyl (C=O) groups excluding carboxylic acids is 1. The van der Waals surface area contributed by atoms with Crippen LogP contribution >= 0.6 is 0 Å². The van der Waals surface area contributed by atoms with E-state index in [2.05, 4.69) is 9.84 Å². The number of nitrogens with zero attached hydrogens (tertiary/aromatic N) is 2. The fraction of sp³-hybridized carbons (Fsp3) is 0.267. The Balaban J connectivity index is 2.26. The van der Waals surface area contributed by atoms with Gasteiger partial charge < -0.3 is 9.84 Å². The highest BCUT2D eigenvalue weighted by molar-refractivity contribution is 5.98. The number of hydrogen-bond acceptors (Lipinski definition) is 4. The van der Waals surface area contributed by atoms with Crippen LogP contribution in [0.2, 0.25) is 0 Å². The molecule has 2 rings (SSSR count). The highest BCUT2D eigenvalue weighted by atomic mass is 16.5. The summed E-state index contributed by atoms with van der Waals surface area (Å²) in [5.41, 5.74) is -0.118. The Morgan fingerprint density at radius 3 is 2.57 bits per heavy atom. The number of benzene rings is 1. The van der Waals surface area contributed by atoms with E-state index in [1.165, 1.54) is 14.0 Å². The van der Waals surface area contributed by atoms with Gasteiger partial charge in [0.1, 0.15) is 0 Å². The lowest BCUT2D eigenvalue weighted by Crippen LogP contribution is -2.39. The lowest BCUT2D eigenvalue weighted by Gasteiger charge is -2.20. The van der Waals surface area contributed by atoms with Gasteiger partial charge in [-0.2, -0.15) is 5.10 Å². The molecule has 1 atom stereocenters. The van der Waals surface area contributed by atoms with Crippen LogP contribution in [0.25, 0.3) is 5.69 Å². The number of carbonyl (C=O) groups is 2. The molecule has 1 unspecified atom stereocenters. The molecule has 0 aliphatic rings. The predicted octanol–water partition coefficient (Wildman–Crippen LogP) is 1.68. The zero-order chi connectivity index (χ0) is 15.5. The van der Waals surface area contributed by atoms with Gasteiger partial charge in [0.2, 0.25) is 0 Å². The summed E-state index contributed by atoms with van der Waals surface area (Å²) in [6, 6.07) is 9.42. The molecule has 1 aromatic carbocycles. The number of methoxy groups -OCH3 is 1. The second-order valence-corrected chi connectivity index (χ2v) is 4.93. The number of hydrogen-bond donors (Lipinski definition) is 1. The molecule has 0 amide bonds. The standard InChI is InChI=1S/C15H16N2O4/c1-15(13(18)19,14(20)21-2)8-11-9-16-17(10-11)12-6-4-3-5-7-12/h3-7,9-10H,8H2,1-2H3,(H,18,19). The van der Waals surface area contributed by atoms with Crippen LogP contribution in [0.4, 0.5) is 0 Å². The van der Waals surface area contributed by atoms with Crippen LogP contribution in [-0.4, -0.2) is 33.9 Å². The second-order valence-electron chi connectivity index (χ2n) is 4.93. The monoisotopic (exact) mass is 288 g/mol. The molecule has 1 heterocycles. The van der Waals surface area contributed by atoms with Crippen molar-refractivity contribution in [3.63, 3.8) is 0 Å². The Kier molecular flexibility index (Phi) is 4.07. The van der Waals surface area contributed by atoms with Crippen LogP contribution < -0.4 is 0 Å². The van der Waals surface area contributed by atoms with Gasteiger partial charge in [-0.15, -0.1) is 0 Å². The molecule has 0 radical (unpaired) electrons. The largest absolute Gasteiger partial charge is 0.480 e. The summed E-state index contributed by atoms with van der Waals surface area (Å²) in [6.45, 7) is 1.35. The predicted molar refractivity (Wildman–Crippen MR) is 75.0 cm³/mol. The number of ether oxygens (including phenoxy) is 1. The zero-order valence-electron chi connectivity index (χ0n) is 11.8. The molecule has 0 aliphatic heterocycles. The van der Waals surface area contributed by atoms with E-state index in [0.29, 0.717) is 5.56 Å². The molecule has 0 bridgehead atoms. The number of esters is 1. The third-order valence-electron chi connectivity index (χ3n) is 3.32. The third kappa shape index (κ3) is 2.94. The van der Waals surface area contributed by atoms with Crippen molar-refractivity contribution < 1.29 is 19.4 Å². The van der Waals surface area contributed by atoms with E-state index < -0.39 is 17.4 Å². The molecule has 2 aromatic rings. The first-order chi connectivity index (χ1) is 9.97. The van der Waals surface area contributed by atoms with Gasteiger partial charge in [-0.05, 0) is 24.6 Å². The first-order valence-electron chi connectivity index (χ1n) is 6.38. The van der Waals surface area contributed by atoms with Crippen LogP contribution in [0.1, 0.15) is 12.5 Å². The lowest BCUT2D eigenvalue weighted by atomic mass is 9.84. The van der Waals surface area contributed by atoms with E-state index in [0.717, 1.165) is 5.69 Å². The Morgan fingerprint density at radius 1 is 1.33 bits per heavy atom. The Labute approximate surface area is 122 Å². The molecular weight excluding hydrogens is 272 g/mol. The smallest absolute Gasteiger partial charge is 0.323 e. The first-order valence-corrected chi connectivity index (χ1v) is 6.38. The lowest BCUT2D eigenvalue weighted by molar-refractivity contribution is -0.165. The van der Waals surface area contributed by atoms with Crippen molar-refractivity contribution >= 4 is 11.9 Å². The zero-order valence-corrected chi connectivity index (χ0v) is 11.8. The maximum absolute atomic E-state index is 11.7. The van der Waals surface area contributed by atoms with E-state index in [-0.39, 0.29) is 6.42 Å². The minimum atomic E-state index is -1.63. The van der Waals surface area contributed by atoms with Gasteiger partial charge in [-0.1, -0.05) is 18.2 Å². The number of carboxylic acid groups (broad SMARTS) is 1. The maximum atomic E-state index is 11.7. The third-order valence-corrected chi connectivity index (χ3v) is 3.32. The van der Waals surface area contributed by atoms with Crippen molar-refractivity contribution in [2.45, 2.75) is 13.3 Å². The molecule has 1 N–H and O–H groups in total. The minimum Gasteiger partial charge on any atom is -0.480 e. The summed E-state index contributed by atoms with van der Waals surface area (Å²) < 4.78 is 6.23. The molecule has 6 heteroatoms. The summed E-state index contributed by atoms with van der Waals surface area (Å²) in [7, 11) is 1.18. The van der Waals surface area contributed by atoms with Crippen molar-refractivity contribution in [1.29, 1.82) is 0 Å². The van der Waals surface area contributed by atoms with Crippen LogP contribution in [0.3, 0.4) is 0 Å². The van der Waals surface area contributed by atoms with Crippen molar-refractivity contribution in [2.75, 3.05) is 7.11 Å². The Hall–Kier alpha value is -2.63. The Morgan fingerprint density at radius 2 is 2.00 bits per heavy atom. The summed E-state index contributed by atoms with van der Waals surface area (Å²) in [5.74, 6) is -2.00. The molecule has 0 spiro atoms. The van der Waals surface area contributed by atoms with E-state index in [4.69, 9.17) is 0 Å². The highest BCUT2D eigenvalue weighted by Gasteiger charge is 2.43. The molecule has 0 saturated carbocycles. The molecule has 110 valence electrons. The molecule has 6 nitrogen and oxygen atoms in total. The van der Waals surface area contributed by atoms with Gasteiger partial charge in [0.05, 0.1) is 19.0 Å². The minimum absolute atomic E-state index is 0.0157.